The molecule has 0 aromatic carbocycles. The molecule has 1 aromatic rings. The fourth-order valence-electron chi connectivity index (χ4n) is 2.94. The number of H-pyrrole nitrogens is 1. The highest BCUT2D eigenvalue weighted by Gasteiger charge is 2.45. The van der Waals surface area contributed by atoms with E-state index >= 15 is 0 Å². The van der Waals surface area contributed by atoms with Crippen molar-refractivity contribution in [2.24, 2.45) is 10.2 Å². The molecule has 1 saturated heterocycles. The summed E-state index contributed by atoms with van der Waals surface area (Å²) in [4.78, 5) is 67.1. The van der Waals surface area contributed by atoms with Crippen molar-refractivity contribution in [1.29, 1.82) is 0 Å². The molecule has 0 saturated carbocycles. The van der Waals surface area contributed by atoms with Crippen LogP contribution in [0.4, 0.5) is 0 Å². The van der Waals surface area contributed by atoms with E-state index in [4.69, 9.17) is 30.3 Å². The Balaban J connectivity index is 2.32. The summed E-state index contributed by atoms with van der Waals surface area (Å²) in [6, 6.07) is 0. The molecule has 1 fully saturated rings. The molecular formula is C12H19N8O14P3. The lowest BCUT2D eigenvalue weighted by Crippen LogP contribution is -2.36. The highest BCUT2D eigenvalue weighted by Crippen LogP contribution is 2.66. The summed E-state index contributed by atoms with van der Waals surface area (Å²) in [6.07, 6.45) is -3.17. The Morgan fingerprint density at radius 1 is 1.16 bits per heavy atom. The minimum absolute atomic E-state index is 0.102. The number of nitrogens with zero attached hydrogens (tertiary/aromatic N) is 7. The molecule has 0 amide bonds. The van der Waals surface area contributed by atoms with Crippen LogP contribution in [0, 0.1) is 6.92 Å². The molecule has 2 heterocycles. The Labute approximate surface area is 204 Å². The molecule has 1 aliphatic heterocycles. The van der Waals surface area contributed by atoms with Gasteiger partial charge in [-0.25, -0.2) is 18.5 Å². The van der Waals surface area contributed by atoms with Crippen LogP contribution < -0.4 is 11.2 Å². The highest BCUT2D eigenvalue weighted by atomic mass is 31.3. The topological polar surface area (TPSA) is 331 Å². The van der Waals surface area contributed by atoms with Crippen LogP contribution in [-0.2, 0) is 36.3 Å². The molecule has 206 valence electrons. The molecule has 5 N–H and O–H groups in total. The lowest BCUT2D eigenvalue weighted by molar-refractivity contribution is -0.113. The van der Waals surface area contributed by atoms with E-state index in [-0.39, 0.29) is 12.0 Å². The van der Waals surface area contributed by atoms with E-state index in [1.165, 1.54) is 6.92 Å². The third kappa shape index (κ3) is 9.15. The molecule has 5 atom stereocenters. The lowest BCUT2D eigenvalue weighted by Gasteiger charge is -2.26. The van der Waals surface area contributed by atoms with Gasteiger partial charge in [0.1, 0.15) is 12.3 Å². The van der Waals surface area contributed by atoms with Gasteiger partial charge in [-0.1, -0.05) is 10.2 Å². The molecule has 0 bridgehead atoms. The van der Waals surface area contributed by atoms with Crippen LogP contribution in [0.3, 0.4) is 0 Å². The standard InChI is InChI=1S/C12H19N8O14P3/c1-6-4-20(11(22)15-10(6)21)9-3-7(32-12(2,16-18-13)17-19-14)8(31-9)5-30-36(26,27)34-37(28,29)33-35(23,24)25/h4,7-9H,3,5H2,1-2H3,(H,26,27)(H,28,29)(H,15,21,22)(H2,23,24,25)/t7-,8-,9-/m1/s1. The van der Waals surface area contributed by atoms with Crippen LogP contribution in [0.2, 0.25) is 0 Å². The first kappa shape index (κ1) is 30.9. The van der Waals surface area contributed by atoms with E-state index in [2.05, 4.69) is 33.2 Å². The van der Waals surface area contributed by atoms with Crippen molar-refractivity contribution in [3.05, 3.63) is 53.5 Å². The highest BCUT2D eigenvalue weighted by molar-refractivity contribution is 7.66. The smallest absolute Gasteiger partial charge is 0.357 e. The Bertz CT molecular complexity index is 1360. The lowest BCUT2D eigenvalue weighted by atomic mass is 10.2. The molecule has 0 radical (unpaired) electrons. The number of phosphoric acid groups is 3. The van der Waals surface area contributed by atoms with Crippen molar-refractivity contribution in [1.82, 2.24) is 9.55 Å². The summed E-state index contributed by atoms with van der Waals surface area (Å²) in [5.41, 5.74) is 16.0. The molecule has 0 spiro atoms. The number of aryl methyl sites for hydroxylation is 1. The normalized spacial score (nSPS) is 24.6. The molecule has 37 heavy (non-hydrogen) atoms. The molecule has 1 aromatic heterocycles. The van der Waals surface area contributed by atoms with Gasteiger partial charge in [0.2, 0.25) is 5.85 Å². The summed E-state index contributed by atoms with van der Waals surface area (Å²) >= 11 is 0. The summed E-state index contributed by atoms with van der Waals surface area (Å²) in [5, 5.41) is 6.43. The van der Waals surface area contributed by atoms with E-state index in [1.807, 2.05) is 4.98 Å². The maximum Gasteiger partial charge on any atom is 0.490 e. The molecule has 1 aliphatic rings. The SMILES string of the molecule is Cc1cn([C@H]2C[C@@H](OC(C)(N=[N+]=[N-])N=[N+]=[N-])[C@@H](COP(=O)(O)OP(=O)(O)OP(=O)(O)O)O2)c(=O)[nH]c1=O. The van der Waals surface area contributed by atoms with Crippen LogP contribution in [-0.4, -0.2) is 53.8 Å². The summed E-state index contributed by atoms with van der Waals surface area (Å²) < 4.78 is 58.1. The molecule has 22 nitrogen and oxygen atoms in total. The second-order valence-corrected chi connectivity index (χ2v) is 11.6. The summed E-state index contributed by atoms with van der Waals surface area (Å²) in [7, 11) is -17.0. The third-order valence-electron chi connectivity index (χ3n) is 4.29. The zero-order valence-corrected chi connectivity index (χ0v) is 21.3. The monoisotopic (exact) mass is 592 g/mol. The quantitative estimate of drug-likeness (QED) is 0.0984. The number of nitrogens with one attached hydrogen (secondary N) is 1. The Hall–Kier alpha value is -2.37. The predicted octanol–water partition coefficient (Wildman–Crippen LogP) is 1.16. The van der Waals surface area contributed by atoms with E-state index in [0.717, 1.165) is 17.7 Å². The van der Waals surface area contributed by atoms with E-state index in [0.29, 0.717) is 0 Å². The summed E-state index contributed by atoms with van der Waals surface area (Å²) in [5.74, 6) is -2.20. The van der Waals surface area contributed by atoms with E-state index in [9.17, 15) is 33.1 Å². The second-order valence-electron chi connectivity index (χ2n) is 7.20. The fourth-order valence-corrected chi connectivity index (χ4v) is 5.97. The van der Waals surface area contributed by atoms with Crippen molar-refractivity contribution < 1.29 is 55.9 Å². The van der Waals surface area contributed by atoms with Crippen molar-refractivity contribution in [2.75, 3.05) is 6.61 Å². The van der Waals surface area contributed by atoms with Crippen LogP contribution in [0.5, 0.6) is 0 Å². The number of hydrogen-bond donors (Lipinski definition) is 5. The largest absolute Gasteiger partial charge is 0.490 e. The minimum atomic E-state index is -5.80. The first-order valence-corrected chi connectivity index (χ1v) is 14.0. The number of aromatic nitrogens is 2. The van der Waals surface area contributed by atoms with Gasteiger partial charge in [-0.15, -0.1) is 0 Å². The van der Waals surface area contributed by atoms with Crippen molar-refractivity contribution in [3.63, 3.8) is 0 Å². The van der Waals surface area contributed by atoms with Crippen LogP contribution in [0.1, 0.15) is 25.1 Å². The molecular weight excluding hydrogens is 573 g/mol. The summed E-state index contributed by atoms with van der Waals surface area (Å²) in [6.45, 7) is 1.42. The third-order valence-corrected chi connectivity index (χ3v) is 8.09. The molecule has 2 rings (SSSR count). The maximum absolute atomic E-state index is 12.3. The number of ether oxygens (including phenoxy) is 2. The fraction of sp³-hybridized carbons (Fsp3) is 0.667. The second kappa shape index (κ2) is 11.6. The van der Waals surface area contributed by atoms with Gasteiger partial charge in [-0.05, 0) is 24.9 Å². The first-order valence-electron chi connectivity index (χ1n) is 9.45. The van der Waals surface area contributed by atoms with Gasteiger partial charge < -0.3 is 29.0 Å². The zero-order valence-electron chi connectivity index (χ0n) is 18.6. The van der Waals surface area contributed by atoms with Gasteiger partial charge in [0.15, 0.2) is 0 Å². The molecule has 2 unspecified atom stereocenters. The van der Waals surface area contributed by atoms with Gasteiger partial charge in [0.25, 0.3) is 5.56 Å². The van der Waals surface area contributed by atoms with E-state index < -0.39 is 65.6 Å². The Morgan fingerprint density at radius 3 is 2.30 bits per heavy atom. The first-order chi connectivity index (χ1) is 16.9. The Kier molecular flexibility index (Phi) is 9.65. The maximum atomic E-state index is 12.3. The average molecular weight is 592 g/mol. The van der Waals surface area contributed by atoms with Gasteiger partial charge in [-0.2, -0.15) is 8.62 Å². The van der Waals surface area contributed by atoms with Gasteiger partial charge in [0.05, 0.1) is 12.7 Å². The number of phosphoric ester groups is 1. The number of hydrogen-bond acceptors (Lipinski definition) is 12. The van der Waals surface area contributed by atoms with Gasteiger partial charge in [0, 0.05) is 28.0 Å². The Morgan fingerprint density at radius 2 is 1.76 bits per heavy atom. The zero-order chi connectivity index (χ0) is 28.2. The average Bonchev–Trinajstić information content (AvgIpc) is 3.08. The van der Waals surface area contributed by atoms with Gasteiger partial charge in [-0.3, -0.25) is 18.9 Å². The van der Waals surface area contributed by atoms with Crippen LogP contribution in [0.15, 0.2) is 26.0 Å². The number of azide groups is 1. The van der Waals surface area contributed by atoms with Crippen molar-refractivity contribution in [3.8, 4) is 0 Å². The van der Waals surface area contributed by atoms with Crippen molar-refractivity contribution >= 4 is 23.5 Å². The molecule has 0 aliphatic carbocycles. The van der Waals surface area contributed by atoms with Crippen LogP contribution >= 0.6 is 23.5 Å². The predicted molar refractivity (Wildman–Crippen MR) is 116 cm³/mol. The molecule has 25 heteroatoms. The number of rotatable bonds is 12. The van der Waals surface area contributed by atoms with Gasteiger partial charge >= 0.3 is 29.2 Å². The van der Waals surface area contributed by atoms with Crippen molar-refractivity contribution in [2.45, 2.75) is 44.6 Å². The van der Waals surface area contributed by atoms with Crippen LogP contribution in [0.25, 0.3) is 20.9 Å². The minimum Gasteiger partial charge on any atom is -0.357 e. The number of aromatic amines is 1. The van der Waals surface area contributed by atoms with E-state index in [1.54, 1.807) is 0 Å².